The molecule has 7 aromatic rings. The quantitative estimate of drug-likeness (QED) is 0.126. The van der Waals surface area contributed by atoms with Gasteiger partial charge in [0, 0.05) is 0 Å². The summed E-state index contributed by atoms with van der Waals surface area (Å²) in [4.78, 5) is 0. The van der Waals surface area contributed by atoms with Gasteiger partial charge in [-0.25, -0.2) is 0 Å². The third-order valence-corrected chi connectivity index (χ3v) is 9.02. The molecule has 0 aromatic heterocycles. The van der Waals surface area contributed by atoms with Crippen molar-refractivity contribution in [2.75, 3.05) is 6.61 Å². The van der Waals surface area contributed by atoms with Gasteiger partial charge in [-0.1, -0.05) is 212 Å². The fourth-order valence-corrected chi connectivity index (χ4v) is 6.77. The molecule has 1 atom stereocenters. The number of ether oxygens (including phenoxy) is 2. The Morgan fingerprint density at radius 2 is 0.562 bits per heavy atom. The highest BCUT2D eigenvalue weighted by Gasteiger charge is 2.43. The highest BCUT2D eigenvalue weighted by molar-refractivity contribution is 5.49. The normalized spacial score (nSPS) is 12.3. The minimum absolute atomic E-state index is 0.275. The third kappa shape index (κ3) is 6.12. The standard InChI is InChI=1S/C46H38O2/c1-8-22-37(23-9-1)44(48-46(41-30-16-5-17-31-41,42-32-18-6-19-33-42)43-34-20-7-21-35-43)36-47-45(38-24-10-2-11-25-38,39-26-12-3-13-27-39)40-28-14-4-15-29-40/h1-35,44H,36H2/t44-/m1/s1. The fraction of sp³-hybridized carbons (Fsp3) is 0.0870. The van der Waals surface area contributed by atoms with Gasteiger partial charge in [0.1, 0.15) is 17.3 Å². The Bertz CT molecular complexity index is 1770. The molecule has 0 bridgehead atoms. The first kappa shape index (κ1) is 31.1. The zero-order valence-electron chi connectivity index (χ0n) is 26.8. The van der Waals surface area contributed by atoms with Crippen LogP contribution in [-0.4, -0.2) is 6.61 Å². The van der Waals surface area contributed by atoms with Crippen molar-refractivity contribution in [3.8, 4) is 0 Å². The van der Waals surface area contributed by atoms with E-state index in [1.807, 2.05) is 24.3 Å². The SMILES string of the molecule is c1ccc([C@@H](COC(c2ccccc2)(c2ccccc2)c2ccccc2)OC(c2ccccc2)(c2ccccc2)c2ccccc2)cc1. The van der Waals surface area contributed by atoms with E-state index in [-0.39, 0.29) is 6.61 Å². The summed E-state index contributed by atoms with van der Waals surface area (Å²) in [5.41, 5.74) is 5.50. The molecule has 0 unspecified atom stereocenters. The molecule has 0 spiro atoms. The minimum Gasteiger partial charge on any atom is -0.358 e. The molecule has 0 aliphatic carbocycles. The van der Waals surface area contributed by atoms with Crippen LogP contribution in [-0.2, 0) is 20.7 Å². The van der Waals surface area contributed by atoms with E-state index in [0.29, 0.717) is 0 Å². The van der Waals surface area contributed by atoms with E-state index in [9.17, 15) is 0 Å². The van der Waals surface area contributed by atoms with Crippen LogP contribution in [0.2, 0.25) is 0 Å². The molecule has 0 saturated carbocycles. The summed E-state index contributed by atoms with van der Waals surface area (Å²) in [6, 6.07) is 73.6. The summed E-state index contributed by atoms with van der Waals surface area (Å²) in [6.45, 7) is 0.275. The van der Waals surface area contributed by atoms with Gasteiger partial charge in [-0.15, -0.1) is 0 Å². The Labute approximate surface area is 283 Å². The molecule has 48 heavy (non-hydrogen) atoms. The van der Waals surface area contributed by atoms with Crippen molar-refractivity contribution in [3.05, 3.63) is 251 Å². The van der Waals surface area contributed by atoms with Crippen LogP contribution >= 0.6 is 0 Å². The number of rotatable bonds is 12. The summed E-state index contributed by atoms with van der Waals surface area (Å²) >= 11 is 0. The minimum atomic E-state index is -0.928. The molecule has 0 fully saturated rings. The first-order chi connectivity index (χ1) is 23.8. The van der Waals surface area contributed by atoms with Gasteiger partial charge in [-0.3, -0.25) is 0 Å². The van der Waals surface area contributed by atoms with E-state index in [2.05, 4.69) is 188 Å². The van der Waals surface area contributed by atoms with Crippen LogP contribution in [0.1, 0.15) is 45.0 Å². The predicted octanol–water partition coefficient (Wildman–Crippen LogP) is 10.7. The maximum Gasteiger partial charge on any atom is 0.144 e. The van der Waals surface area contributed by atoms with Gasteiger partial charge in [0.05, 0.1) is 6.61 Å². The van der Waals surface area contributed by atoms with E-state index in [0.717, 1.165) is 38.9 Å². The van der Waals surface area contributed by atoms with E-state index < -0.39 is 17.3 Å². The van der Waals surface area contributed by atoms with Crippen molar-refractivity contribution in [2.45, 2.75) is 17.3 Å². The van der Waals surface area contributed by atoms with Gasteiger partial charge in [0.2, 0.25) is 0 Å². The van der Waals surface area contributed by atoms with Crippen molar-refractivity contribution in [3.63, 3.8) is 0 Å². The molecule has 0 saturated heterocycles. The lowest BCUT2D eigenvalue weighted by atomic mass is 9.79. The van der Waals surface area contributed by atoms with Crippen LogP contribution in [0.4, 0.5) is 0 Å². The second-order valence-electron chi connectivity index (χ2n) is 11.9. The van der Waals surface area contributed by atoms with Crippen molar-refractivity contribution >= 4 is 0 Å². The molecule has 0 amide bonds. The van der Waals surface area contributed by atoms with Crippen LogP contribution in [0.5, 0.6) is 0 Å². The van der Waals surface area contributed by atoms with Crippen molar-refractivity contribution in [2.24, 2.45) is 0 Å². The summed E-state index contributed by atoms with van der Waals surface area (Å²) < 4.78 is 15.1. The van der Waals surface area contributed by atoms with Crippen LogP contribution < -0.4 is 0 Å². The van der Waals surface area contributed by atoms with Crippen LogP contribution in [0.25, 0.3) is 0 Å². The van der Waals surface area contributed by atoms with Gasteiger partial charge >= 0.3 is 0 Å². The third-order valence-electron chi connectivity index (χ3n) is 9.02. The molecule has 0 radical (unpaired) electrons. The van der Waals surface area contributed by atoms with Gasteiger partial charge in [0.15, 0.2) is 0 Å². The molecule has 0 aliphatic heterocycles. The molecule has 7 aromatic carbocycles. The molecular weight excluding hydrogens is 585 g/mol. The van der Waals surface area contributed by atoms with Gasteiger partial charge in [-0.2, -0.15) is 0 Å². The average Bonchev–Trinajstić information content (AvgIpc) is 3.19. The lowest BCUT2D eigenvalue weighted by molar-refractivity contribution is -0.111. The largest absolute Gasteiger partial charge is 0.358 e. The summed E-state index contributed by atoms with van der Waals surface area (Å²) in [5.74, 6) is 0. The first-order valence-electron chi connectivity index (χ1n) is 16.5. The smallest absolute Gasteiger partial charge is 0.144 e. The van der Waals surface area contributed by atoms with E-state index in [1.165, 1.54) is 0 Å². The van der Waals surface area contributed by atoms with E-state index in [1.54, 1.807) is 0 Å². The monoisotopic (exact) mass is 622 g/mol. The Morgan fingerprint density at radius 1 is 0.312 bits per heavy atom. The zero-order chi connectivity index (χ0) is 32.5. The van der Waals surface area contributed by atoms with Crippen LogP contribution in [0, 0.1) is 0 Å². The average molecular weight is 623 g/mol. The van der Waals surface area contributed by atoms with Gasteiger partial charge in [0.25, 0.3) is 0 Å². The van der Waals surface area contributed by atoms with Crippen molar-refractivity contribution in [1.82, 2.24) is 0 Å². The lowest BCUT2D eigenvalue weighted by Crippen LogP contribution is -2.38. The second kappa shape index (κ2) is 14.5. The second-order valence-corrected chi connectivity index (χ2v) is 11.9. The lowest BCUT2D eigenvalue weighted by Gasteiger charge is -2.41. The van der Waals surface area contributed by atoms with E-state index >= 15 is 0 Å². The molecule has 2 nitrogen and oxygen atoms in total. The molecule has 2 heteroatoms. The number of benzene rings is 7. The summed E-state index contributed by atoms with van der Waals surface area (Å²) in [7, 11) is 0. The van der Waals surface area contributed by atoms with Gasteiger partial charge in [-0.05, 0) is 38.9 Å². The topological polar surface area (TPSA) is 18.5 Å². The Kier molecular flexibility index (Phi) is 9.38. The van der Waals surface area contributed by atoms with E-state index in [4.69, 9.17) is 9.47 Å². The Hall–Kier alpha value is -5.54. The van der Waals surface area contributed by atoms with Gasteiger partial charge < -0.3 is 9.47 Å². The summed E-state index contributed by atoms with van der Waals surface area (Å²) in [5, 5.41) is 0. The highest BCUT2D eigenvalue weighted by atomic mass is 16.6. The maximum atomic E-state index is 7.66. The molecule has 234 valence electrons. The Morgan fingerprint density at radius 3 is 0.854 bits per heavy atom. The predicted molar refractivity (Wildman–Crippen MR) is 195 cm³/mol. The van der Waals surface area contributed by atoms with Crippen LogP contribution in [0.15, 0.2) is 212 Å². The molecule has 7 rings (SSSR count). The number of hydrogen-bond donors (Lipinski definition) is 0. The summed E-state index contributed by atoms with van der Waals surface area (Å²) in [6.07, 6.45) is -0.456. The molecule has 0 heterocycles. The number of hydrogen-bond acceptors (Lipinski definition) is 2. The first-order valence-corrected chi connectivity index (χ1v) is 16.5. The maximum absolute atomic E-state index is 7.66. The molecule has 0 N–H and O–H groups in total. The highest BCUT2D eigenvalue weighted by Crippen LogP contribution is 2.46. The van der Waals surface area contributed by atoms with Crippen LogP contribution in [0.3, 0.4) is 0 Å². The van der Waals surface area contributed by atoms with Crippen molar-refractivity contribution < 1.29 is 9.47 Å². The Balaban J connectivity index is 1.42. The van der Waals surface area contributed by atoms with Crippen molar-refractivity contribution in [1.29, 1.82) is 0 Å². The zero-order valence-corrected chi connectivity index (χ0v) is 26.8. The molecule has 0 aliphatic rings. The fourth-order valence-electron chi connectivity index (χ4n) is 6.77. The molecular formula is C46H38O2.